The average Bonchev–Trinajstić information content (AvgIpc) is 3.19. The van der Waals surface area contributed by atoms with Crippen molar-refractivity contribution in [3.8, 4) is 11.5 Å². The maximum Gasteiger partial charge on any atom is 0.335 e. The number of halogens is 2. The van der Waals surface area contributed by atoms with Gasteiger partial charge in [0.2, 0.25) is 0 Å². The van der Waals surface area contributed by atoms with Crippen molar-refractivity contribution in [2.24, 2.45) is 5.92 Å². The van der Waals surface area contributed by atoms with E-state index in [4.69, 9.17) is 9.47 Å². The molecule has 0 radical (unpaired) electrons. The Morgan fingerprint density at radius 1 is 1.02 bits per heavy atom. The number of carboxylic acids is 1. The van der Waals surface area contributed by atoms with Crippen molar-refractivity contribution in [2.45, 2.75) is 58.8 Å². The number of hydrogen-bond donors (Lipinski definition) is 1. The first-order valence-electron chi connectivity index (χ1n) is 14.5. The highest BCUT2D eigenvalue weighted by Gasteiger charge is 2.25. The van der Waals surface area contributed by atoms with Crippen LogP contribution in [0.1, 0.15) is 84.1 Å². The van der Waals surface area contributed by atoms with Crippen molar-refractivity contribution < 1.29 is 23.8 Å². The Bertz CT molecular complexity index is 1320. The number of benzene rings is 3. The molecule has 0 spiro atoms. The number of methoxy groups -OCH3 is 2. The lowest BCUT2D eigenvalue weighted by Gasteiger charge is -2.21. The van der Waals surface area contributed by atoms with Gasteiger partial charge < -0.3 is 14.6 Å². The molecular weight excluding hydrogens is 551 g/mol. The van der Waals surface area contributed by atoms with Crippen molar-refractivity contribution in [3.05, 3.63) is 107 Å². The maximum absolute atomic E-state index is 11.7. The summed E-state index contributed by atoms with van der Waals surface area (Å²) in [7, 11) is 3.36. The van der Waals surface area contributed by atoms with Crippen LogP contribution in [-0.4, -0.2) is 32.0 Å². The molecule has 3 aromatic carbocycles. The molecular formula is C36H44ClFO4. The zero-order valence-corrected chi connectivity index (χ0v) is 26.1. The number of allylic oxidation sites excluding steroid dienone is 2. The molecule has 0 saturated heterocycles. The van der Waals surface area contributed by atoms with E-state index in [-0.39, 0.29) is 19.1 Å². The van der Waals surface area contributed by atoms with E-state index in [1.165, 1.54) is 5.56 Å². The summed E-state index contributed by atoms with van der Waals surface area (Å²) in [5, 5.41) is 9.60. The van der Waals surface area contributed by atoms with Gasteiger partial charge in [-0.05, 0) is 102 Å². The highest BCUT2D eigenvalue weighted by Crippen LogP contribution is 2.45. The quantitative estimate of drug-likeness (QED) is 0.225. The van der Waals surface area contributed by atoms with E-state index in [1.807, 2.05) is 43.3 Å². The third-order valence-electron chi connectivity index (χ3n) is 7.61. The third-order valence-corrected chi connectivity index (χ3v) is 7.61. The summed E-state index contributed by atoms with van der Waals surface area (Å²) in [6, 6.07) is 20.1. The van der Waals surface area contributed by atoms with Gasteiger partial charge in [-0.3, -0.25) is 4.39 Å². The summed E-state index contributed by atoms with van der Waals surface area (Å²) < 4.78 is 22.6. The maximum atomic E-state index is 11.7. The zero-order chi connectivity index (χ0) is 29.8. The summed E-state index contributed by atoms with van der Waals surface area (Å²) >= 11 is 0. The average molecular weight is 595 g/mol. The molecule has 1 aliphatic rings. The van der Waals surface area contributed by atoms with Crippen molar-refractivity contribution in [1.29, 1.82) is 0 Å². The number of aryl methyl sites for hydroxylation is 1. The summed E-state index contributed by atoms with van der Waals surface area (Å²) in [6.45, 7) is 7.98. The highest BCUT2D eigenvalue weighted by atomic mass is 35.5. The fourth-order valence-electron chi connectivity index (χ4n) is 5.29. The van der Waals surface area contributed by atoms with Gasteiger partial charge in [0.1, 0.15) is 11.5 Å². The van der Waals surface area contributed by atoms with Crippen LogP contribution in [0.3, 0.4) is 0 Å². The minimum absolute atomic E-state index is 0. The Kier molecular flexibility index (Phi) is 14.3. The minimum atomic E-state index is -0.906. The molecule has 0 heterocycles. The summed E-state index contributed by atoms with van der Waals surface area (Å²) in [5.74, 6) is 1.08. The molecule has 6 heteroatoms. The van der Waals surface area contributed by atoms with Crippen LogP contribution in [0, 0.1) is 5.92 Å². The van der Waals surface area contributed by atoms with Gasteiger partial charge in [0.25, 0.3) is 0 Å². The molecule has 3 aromatic rings. The van der Waals surface area contributed by atoms with Crippen LogP contribution in [-0.2, 0) is 12.8 Å². The molecule has 1 N–H and O–H groups in total. The second-order valence-electron chi connectivity index (χ2n) is 10.3. The van der Waals surface area contributed by atoms with Gasteiger partial charge >= 0.3 is 5.97 Å². The van der Waals surface area contributed by atoms with Crippen LogP contribution in [0.5, 0.6) is 11.5 Å². The predicted molar refractivity (Wildman–Crippen MR) is 174 cm³/mol. The first kappa shape index (κ1) is 34.6. The first-order chi connectivity index (χ1) is 19.9. The molecule has 42 heavy (non-hydrogen) atoms. The van der Waals surface area contributed by atoms with Gasteiger partial charge in [-0.1, -0.05) is 62.7 Å². The number of aromatic carboxylic acids is 1. The third kappa shape index (κ3) is 8.48. The molecule has 1 unspecified atom stereocenters. The van der Waals surface area contributed by atoms with Crippen LogP contribution in [0.2, 0.25) is 0 Å². The number of alkyl halides is 1. The van der Waals surface area contributed by atoms with E-state index in [9.17, 15) is 14.3 Å². The molecule has 0 aliphatic heterocycles. The summed E-state index contributed by atoms with van der Waals surface area (Å²) in [6.07, 6.45) is 8.26. The number of carboxylic acid groups (broad SMARTS) is 1. The Morgan fingerprint density at radius 2 is 1.69 bits per heavy atom. The van der Waals surface area contributed by atoms with E-state index in [2.05, 4.69) is 37.8 Å². The van der Waals surface area contributed by atoms with E-state index < -0.39 is 5.97 Å². The Balaban J connectivity index is 0.000000947. The molecule has 0 aromatic heterocycles. The largest absolute Gasteiger partial charge is 0.496 e. The van der Waals surface area contributed by atoms with Crippen molar-refractivity contribution in [2.75, 3.05) is 20.9 Å². The van der Waals surface area contributed by atoms with Crippen LogP contribution in [0.25, 0.3) is 11.1 Å². The van der Waals surface area contributed by atoms with Crippen molar-refractivity contribution >= 4 is 29.5 Å². The summed E-state index contributed by atoms with van der Waals surface area (Å²) in [4.78, 5) is 11.7. The van der Waals surface area contributed by atoms with E-state index >= 15 is 0 Å². The Morgan fingerprint density at radius 3 is 2.19 bits per heavy atom. The van der Waals surface area contributed by atoms with Crippen molar-refractivity contribution in [3.63, 3.8) is 0 Å². The second kappa shape index (κ2) is 17.4. The van der Waals surface area contributed by atoms with Crippen LogP contribution in [0.4, 0.5) is 4.39 Å². The molecule has 1 aliphatic carbocycles. The number of fused-ring (bicyclic) bond motifs is 1. The van der Waals surface area contributed by atoms with Gasteiger partial charge in [0.05, 0.1) is 32.0 Å². The topological polar surface area (TPSA) is 55.8 Å². The van der Waals surface area contributed by atoms with E-state index in [0.717, 1.165) is 89.8 Å². The van der Waals surface area contributed by atoms with Gasteiger partial charge in [0, 0.05) is 0 Å². The number of unbranched alkanes of at least 4 members (excludes halogenated alkanes) is 1. The van der Waals surface area contributed by atoms with E-state index in [0.29, 0.717) is 11.5 Å². The van der Waals surface area contributed by atoms with Crippen molar-refractivity contribution in [1.82, 2.24) is 0 Å². The van der Waals surface area contributed by atoms with Crippen LogP contribution >= 0.6 is 12.4 Å². The highest BCUT2D eigenvalue weighted by molar-refractivity contribution is 6.02. The second-order valence-corrected chi connectivity index (χ2v) is 10.3. The fourth-order valence-corrected chi connectivity index (χ4v) is 5.29. The predicted octanol–water partition coefficient (Wildman–Crippen LogP) is 9.63. The molecule has 0 bridgehead atoms. The van der Waals surface area contributed by atoms with Crippen LogP contribution in [0.15, 0.2) is 73.3 Å². The first-order valence-corrected chi connectivity index (χ1v) is 14.5. The molecule has 226 valence electrons. The Hall–Kier alpha value is -3.57. The fraction of sp³-hybridized carbons (Fsp3) is 0.361. The summed E-state index contributed by atoms with van der Waals surface area (Å²) in [5.41, 5.74) is 8.01. The van der Waals surface area contributed by atoms with Gasteiger partial charge in [-0.2, -0.15) is 0 Å². The standard InChI is InChI=1S/C32H34O4.C4H9F.ClH/c1-5-21(6-2)19-22-13-15-23(16-14-22)30-26-18-17-25(32(33)34)20-24(26)9-7-10-27(30)31-28(35-3)11-8-12-29(31)36-4;1-2-3-4-5;/h5,8,11-18,20-21H,1,6-7,9-10,19H2,2-4H3,(H,33,34);2-4H2,1H3;1H. The SMILES string of the molecule is C=CC(CC)Cc1ccc(C2=C(c3c(OC)cccc3OC)CCCc3cc(C(=O)O)ccc32)cc1.CCCCF.Cl. The van der Waals surface area contributed by atoms with Crippen LogP contribution < -0.4 is 9.47 Å². The normalized spacial score (nSPS) is 13.0. The van der Waals surface area contributed by atoms with Gasteiger partial charge in [0.15, 0.2) is 0 Å². The minimum Gasteiger partial charge on any atom is -0.496 e. The van der Waals surface area contributed by atoms with Gasteiger partial charge in [-0.15, -0.1) is 19.0 Å². The molecule has 4 rings (SSSR count). The number of hydrogen-bond acceptors (Lipinski definition) is 3. The lowest BCUT2D eigenvalue weighted by atomic mass is 9.86. The molecule has 1 atom stereocenters. The number of ether oxygens (including phenoxy) is 2. The smallest absolute Gasteiger partial charge is 0.335 e. The number of rotatable bonds is 11. The molecule has 0 amide bonds. The van der Waals surface area contributed by atoms with Gasteiger partial charge in [-0.25, -0.2) is 4.79 Å². The number of carbonyl (C=O) groups is 1. The molecule has 0 fully saturated rings. The zero-order valence-electron chi connectivity index (χ0n) is 25.3. The molecule has 4 nitrogen and oxygen atoms in total. The monoisotopic (exact) mass is 594 g/mol. The molecule has 0 saturated carbocycles. The lowest BCUT2D eigenvalue weighted by molar-refractivity contribution is 0.0696. The lowest BCUT2D eigenvalue weighted by Crippen LogP contribution is -2.03. The Labute approximate surface area is 256 Å². The van der Waals surface area contributed by atoms with E-state index in [1.54, 1.807) is 20.3 Å².